The lowest BCUT2D eigenvalue weighted by atomic mass is 9.94. The number of ether oxygens (including phenoxy) is 1. The molecule has 0 aliphatic carbocycles. The fourth-order valence-corrected chi connectivity index (χ4v) is 7.66. The molecule has 2 amide bonds. The molecule has 3 heterocycles. The van der Waals surface area contributed by atoms with Crippen LogP contribution in [0.15, 0.2) is 41.3 Å². The van der Waals surface area contributed by atoms with Gasteiger partial charge >= 0.3 is 0 Å². The number of carbonyl (C=O) groups is 2. The molecular weight excluding hydrogens is 516 g/mol. The summed E-state index contributed by atoms with van der Waals surface area (Å²) in [6, 6.07) is 11.0. The van der Waals surface area contributed by atoms with Gasteiger partial charge in [-0.15, -0.1) is 0 Å². The minimum atomic E-state index is -3.75. The number of aryl methyl sites for hydroxylation is 2. The molecular formula is C29H38N4O5S. The van der Waals surface area contributed by atoms with Crippen LogP contribution < -0.4 is 14.5 Å². The summed E-state index contributed by atoms with van der Waals surface area (Å²) < 4.78 is 34.2. The third kappa shape index (κ3) is 5.63. The second-order valence-corrected chi connectivity index (χ2v) is 13.3. The number of piperazine rings is 1. The molecule has 39 heavy (non-hydrogen) atoms. The minimum absolute atomic E-state index is 0.112. The number of hydrogen-bond donors (Lipinski definition) is 0. The third-order valence-corrected chi connectivity index (χ3v) is 9.81. The Kier molecular flexibility index (Phi) is 7.61. The van der Waals surface area contributed by atoms with Gasteiger partial charge in [-0.3, -0.25) is 14.5 Å². The topological polar surface area (TPSA) is 90.5 Å². The number of fused-ring (bicyclic) bond motifs is 1. The number of piperidine rings is 1. The van der Waals surface area contributed by atoms with E-state index < -0.39 is 10.0 Å². The SMILES string of the molecule is Cc1ccc(C)c(N2CCN(C(=O)CN3C(=O)COc4ccc(S(=O)(=O)N5C[C@@H](C)C[C@H](C)C5)cc43)CC2)c1. The highest BCUT2D eigenvalue weighted by atomic mass is 32.2. The lowest BCUT2D eigenvalue weighted by Crippen LogP contribution is -2.53. The van der Waals surface area contributed by atoms with E-state index >= 15 is 0 Å². The van der Waals surface area contributed by atoms with Crippen molar-refractivity contribution in [2.75, 3.05) is 62.2 Å². The van der Waals surface area contributed by atoms with Gasteiger partial charge in [0.2, 0.25) is 15.9 Å². The van der Waals surface area contributed by atoms with Crippen LogP contribution in [-0.2, 0) is 19.6 Å². The Morgan fingerprint density at radius 3 is 2.33 bits per heavy atom. The van der Waals surface area contributed by atoms with Crippen LogP contribution in [0, 0.1) is 25.7 Å². The highest BCUT2D eigenvalue weighted by Crippen LogP contribution is 2.36. The Hall–Kier alpha value is -3.11. The summed E-state index contributed by atoms with van der Waals surface area (Å²) >= 11 is 0. The zero-order chi connectivity index (χ0) is 27.9. The molecule has 0 N–H and O–H groups in total. The van der Waals surface area contributed by atoms with Crippen LogP contribution in [0.4, 0.5) is 11.4 Å². The average molecular weight is 555 g/mol. The lowest BCUT2D eigenvalue weighted by Gasteiger charge is -2.38. The summed E-state index contributed by atoms with van der Waals surface area (Å²) in [5, 5.41) is 0. The number of hydrogen-bond acceptors (Lipinski definition) is 6. The normalized spacial score (nSPS) is 22.5. The van der Waals surface area contributed by atoms with Crippen molar-refractivity contribution in [2.24, 2.45) is 11.8 Å². The van der Waals surface area contributed by atoms with Gasteiger partial charge in [-0.05, 0) is 67.5 Å². The molecule has 0 saturated carbocycles. The van der Waals surface area contributed by atoms with Gasteiger partial charge in [0.15, 0.2) is 6.61 Å². The van der Waals surface area contributed by atoms with Crippen molar-refractivity contribution in [3.63, 3.8) is 0 Å². The summed E-state index contributed by atoms with van der Waals surface area (Å²) in [7, 11) is -3.75. The Morgan fingerprint density at radius 1 is 0.949 bits per heavy atom. The summed E-state index contributed by atoms with van der Waals surface area (Å²) in [6.07, 6.45) is 0.993. The van der Waals surface area contributed by atoms with Crippen LogP contribution in [-0.4, -0.2) is 81.9 Å². The summed E-state index contributed by atoms with van der Waals surface area (Å²) in [5.41, 5.74) is 3.91. The van der Waals surface area contributed by atoms with Crippen LogP contribution in [0.3, 0.4) is 0 Å². The number of amides is 2. The Labute approximate surface area is 231 Å². The molecule has 2 fully saturated rings. The second-order valence-electron chi connectivity index (χ2n) is 11.3. The van der Waals surface area contributed by atoms with Crippen LogP contribution in [0.25, 0.3) is 0 Å². The van der Waals surface area contributed by atoms with E-state index in [9.17, 15) is 18.0 Å². The quantitative estimate of drug-likeness (QED) is 0.565. The van der Waals surface area contributed by atoms with Crippen molar-refractivity contribution < 1.29 is 22.7 Å². The molecule has 210 valence electrons. The molecule has 0 bridgehead atoms. The van der Waals surface area contributed by atoms with E-state index in [0.29, 0.717) is 50.7 Å². The van der Waals surface area contributed by atoms with Crippen LogP contribution in [0.2, 0.25) is 0 Å². The van der Waals surface area contributed by atoms with E-state index in [4.69, 9.17) is 4.74 Å². The van der Waals surface area contributed by atoms with Gasteiger partial charge in [0.1, 0.15) is 12.3 Å². The molecule has 0 spiro atoms. The predicted octanol–water partition coefficient (Wildman–Crippen LogP) is 3.04. The highest BCUT2D eigenvalue weighted by molar-refractivity contribution is 7.89. The fraction of sp³-hybridized carbons (Fsp3) is 0.517. The molecule has 2 aromatic rings. The Morgan fingerprint density at radius 2 is 1.64 bits per heavy atom. The molecule has 10 heteroatoms. The number of benzene rings is 2. The minimum Gasteiger partial charge on any atom is -0.482 e. The monoisotopic (exact) mass is 554 g/mol. The molecule has 0 unspecified atom stereocenters. The first-order valence-electron chi connectivity index (χ1n) is 13.7. The molecule has 9 nitrogen and oxygen atoms in total. The van der Waals surface area contributed by atoms with Gasteiger partial charge in [0.25, 0.3) is 5.91 Å². The third-order valence-electron chi connectivity index (χ3n) is 7.98. The first kappa shape index (κ1) is 27.5. The van der Waals surface area contributed by atoms with Gasteiger partial charge in [-0.2, -0.15) is 4.31 Å². The second kappa shape index (κ2) is 10.8. The van der Waals surface area contributed by atoms with E-state index in [0.717, 1.165) is 6.42 Å². The molecule has 0 aromatic heterocycles. The van der Waals surface area contributed by atoms with Gasteiger partial charge in [-0.1, -0.05) is 26.0 Å². The average Bonchev–Trinajstić information content (AvgIpc) is 2.91. The summed E-state index contributed by atoms with van der Waals surface area (Å²) in [5.74, 6) is 0.427. The van der Waals surface area contributed by atoms with Gasteiger partial charge < -0.3 is 14.5 Å². The van der Waals surface area contributed by atoms with E-state index in [1.54, 1.807) is 11.0 Å². The van der Waals surface area contributed by atoms with Crippen molar-refractivity contribution >= 4 is 33.2 Å². The summed E-state index contributed by atoms with van der Waals surface area (Å²) in [6.45, 7) is 11.4. The largest absolute Gasteiger partial charge is 0.482 e. The van der Waals surface area contributed by atoms with Gasteiger partial charge in [-0.25, -0.2) is 8.42 Å². The Balaban J connectivity index is 1.31. The zero-order valence-corrected chi connectivity index (χ0v) is 24.0. The van der Waals surface area contributed by atoms with Gasteiger partial charge in [0.05, 0.1) is 10.6 Å². The fourth-order valence-electron chi connectivity index (χ4n) is 5.96. The highest BCUT2D eigenvalue weighted by Gasteiger charge is 2.35. The maximum Gasteiger partial charge on any atom is 0.265 e. The zero-order valence-electron chi connectivity index (χ0n) is 23.2. The van der Waals surface area contributed by atoms with Crippen LogP contribution in [0.5, 0.6) is 5.75 Å². The van der Waals surface area contributed by atoms with Crippen molar-refractivity contribution in [3.8, 4) is 5.75 Å². The van der Waals surface area contributed by atoms with E-state index in [1.807, 2.05) is 0 Å². The van der Waals surface area contributed by atoms with Crippen molar-refractivity contribution in [1.29, 1.82) is 0 Å². The van der Waals surface area contributed by atoms with Crippen molar-refractivity contribution in [2.45, 2.75) is 39.0 Å². The van der Waals surface area contributed by atoms with E-state index in [1.165, 1.54) is 38.2 Å². The van der Waals surface area contributed by atoms with Crippen molar-refractivity contribution in [1.82, 2.24) is 9.21 Å². The number of anilines is 2. The van der Waals surface area contributed by atoms with Crippen molar-refractivity contribution in [3.05, 3.63) is 47.5 Å². The maximum absolute atomic E-state index is 13.5. The lowest BCUT2D eigenvalue weighted by molar-refractivity contribution is -0.132. The molecule has 3 aliphatic rings. The van der Waals surface area contributed by atoms with E-state index in [2.05, 4.69) is 50.8 Å². The molecule has 3 aliphatic heterocycles. The van der Waals surface area contributed by atoms with Gasteiger partial charge in [0, 0.05) is 45.0 Å². The number of nitrogens with zero attached hydrogens (tertiary/aromatic N) is 4. The first-order valence-corrected chi connectivity index (χ1v) is 15.1. The van der Waals surface area contributed by atoms with Crippen LogP contribution in [0.1, 0.15) is 31.4 Å². The molecule has 5 rings (SSSR count). The molecule has 2 aromatic carbocycles. The standard InChI is InChI=1S/C29H38N4O5S/c1-20-5-6-23(4)25(14-20)30-9-11-31(12-10-30)28(34)18-33-26-15-24(7-8-27(26)38-19-29(33)35)39(36,37)32-16-21(2)13-22(3)17-32/h5-8,14-15,21-22H,9-13,16-19H2,1-4H3/t21-,22-/m0/s1. The predicted molar refractivity (Wildman–Crippen MR) is 151 cm³/mol. The summed E-state index contributed by atoms with van der Waals surface area (Å²) in [4.78, 5) is 31.8. The van der Waals surface area contributed by atoms with Crippen LogP contribution >= 0.6 is 0 Å². The maximum atomic E-state index is 13.5. The number of carbonyl (C=O) groups excluding carboxylic acids is 2. The number of rotatable bonds is 5. The van der Waals surface area contributed by atoms with E-state index in [-0.39, 0.29) is 41.7 Å². The molecule has 0 radical (unpaired) electrons. The number of sulfonamides is 1. The molecule has 2 atom stereocenters. The molecule has 2 saturated heterocycles. The first-order chi connectivity index (χ1) is 18.5. The Bertz CT molecular complexity index is 1360. The smallest absolute Gasteiger partial charge is 0.265 e.